The summed E-state index contributed by atoms with van der Waals surface area (Å²) < 4.78 is 5.70. The van der Waals surface area contributed by atoms with E-state index in [0.29, 0.717) is 24.5 Å². The maximum atomic E-state index is 12.3. The van der Waals surface area contributed by atoms with Crippen LogP contribution in [0.25, 0.3) is 0 Å². The van der Waals surface area contributed by atoms with Gasteiger partial charge in [-0.3, -0.25) is 9.59 Å². The summed E-state index contributed by atoms with van der Waals surface area (Å²) in [6, 6.07) is 6.96. The maximum absolute atomic E-state index is 12.3. The third kappa shape index (κ3) is 3.92. The summed E-state index contributed by atoms with van der Waals surface area (Å²) in [6.07, 6.45) is 3.45. The van der Waals surface area contributed by atoms with Crippen molar-refractivity contribution < 1.29 is 14.3 Å². The molecule has 1 unspecified atom stereocenters. The average molecular weight is 316 g/mol. The first-order valence-corrected chi connectivity index (χ1v) is 8.04. The Labute approximate surface area is 137 Å². The monoisotopic (exact) mass is 316 g/mol. The molecule has 0 aromatic heterocycles. The summed E-state index contributed by atoms with van der Waals surface area (Å²) in [7, 11) is 0. The lowest BCUT2D eigenvalue weighted by molar-refractivity contribution is -0.134. The van der Waals surface area contributed by atoms with Crippen LogP contribution in [0.2, 0.25) is 0 Å². The van der Waals surface area contributed by atoms with Gasteiger partial charge in [0.2, 0.25) is 5.91 Å². The van der Waals surface area contributed by atoms with Gasteiger partial charge in [0.25, 0.3) is 0 Å². The van der Waals surface area contributed by atoms with E-state index in [2.05, 4.69) is 18.7 Å². The van der Waals surface area contributed by atoms with Gasteiger partial charge in [0.1, 0.15) is 24.8 Å². The number of nitrogens with zero attached hydrogens (tertiary/aromatic N) is 2. The minimum absolute atomic E-state index is 0.0407. The molecule has 0 N–H and O–H groups in total. The molecule has 5 nitrogen and oxygen atoms in total. The van der Waals surface area contributed by atoms with Crippen molar-refractivity contribution in [1.82, 2.24) is 9.80 Å². The lowest BCUT2D eigenvalue weighted by Crippen LogP contribution is -2.54. The van der Waals surface area contributed by atoms with Gasteiger partial charge in [-0.1, -0.05) is 6.92 Å². The van der Waals surface area contributed by atoms with Gasteiger partial charge in [-0.25, -0.2) is 0 Å². The van der Waals surface area contributed by atoms with Crippen molar-refractivity contribution in [3.63, 3.8) is 0 Å². The van der Waals surface area contributed by atoms with Crippen LogP contribution < -0.4 is 4.74 Å². The molecule has 0 bridgehead atoms. The van der Waals surface area contributed by atoms with Crippen molar-refractivity contribution in [1.29, 1.82) is 0 Å². The summed E-state index contributed by atoms with van der Waals surface area (Å²) in [5.74, 6) is 0.742. The van der Waals surface area contributed by atoms with E-state index in [1.165, 1.54) is 0 Å². The number of carbonyl (C=O) groups excluding carboxylic acids is 2. The molecule has 0 fully saturated rings. The van der Waals surface area contributed by atoms with E-state index in [1.54, 1.807) is 30.3 Å². The third-order valence-corrected chi connectivity index (χ3v) is 4.11. The van der Waals surface area contributed by atoms with Gasteiger partial charge in [-0.15, -0.1) is 0 Å². The molecular weight excluding hydrogens is 292 g/mol. The Morgan fingerprint density at radius 2 is 1.87 bits per heavy atom. The van der Waals surface area contributed by atoms with E-state index >= 15 is 0 Å². The maximum Gasteiger partial charge on any atom is 0.250 e. The molecule has 1 aliphatic heterocycles. The molecule has 124 valence electrons. The molecule has 0 radical (unpaired) electrons. The van der Waals surface area contributed by atoms with Crippen LogP contribution in [0.4, 0.5) is 0 Å². The Morgan fingerprint density at radius 1 is 1.17 bits per heavy atom. The molecule has 0 saturated heterocycles. The minimum Gasteiger partial charge on any atom is -0.492 e. The summed E-state index contributed by atoms with van der Waals surface area (Å²) in [6.45, 7) is 8.00. The van der Waals surface area contributed by atoms with Crippen molar-refractivity contribution in [3.8, 4) is 5.75 Å². The molecule has 1 aromatic carbocycles. The van der Waals surface area contributed by atoms with Gasteiger partial charge in [0.15, 0.2) is 0 Å². The van der Waals surface area contributed by atoms with Crippen molar-refractivity contribution in [2.24, 2.45) is 0 Å². The summed E-state index contributed by atoms with van der Waals surface area (Å²) in [5.41, 5.74) is 1.64. The average Bonchev–Trinajstić information content (AvgIpc) is 2.56. The Morgan fingerprint density at radius 3 is 2.43 bits per heavy atom. The topological polar surface area (TPSA) is 49.9 Å². The molecule has 1 heterocycles. The van der Waals surface area contributed by atoms with Crippen LogP contribution in [0.5, 0.6) is 5.75 Å². The summed E-state index contributed by atoms with van der Waals surface area (Å²) >= 11 is 0. The van der Waals surface area contributed by atoms with Crippen molar-refractivity contribution >= 4 is 12.2 Å². The van der Waals surface area contributed by atoms with Gasteiger partial charge < -0.3 is 14.5 Å². The Bertz CT molecular complexity index is 580. The first-order valence-electron chi connectivity index (χ1n) is 8.04. The summed E-state index contributed by atoms with van der Waals surface area (Å²) in [4.78, 5) is 27.0. The minimum atomic E-state index is 0.0407. The van der Waals surface area contributed by atoms with Crippen LogP contribution >= 0.6 is 0 Å². The van der Waals surface area contributed by atoms with Gasteiger partial charge in [0, 0.05) is 23.9 Å². The smallest absolute Gasteiger partial charge is 0.250 e. The van der Waals surface area contributed by atoms with Gasteiger partial charge in [-0.2, -0.15) is 0 Å². The first-order chi connectivity index (χ1) is 11.1. The second-order valence-electron chi connectivity index (χ2n) is 5.53. The highest BCUT2D eigenvalue weighted by Gasteiger charge is 2.30. The number of hydrogen-bond donors (Lipinski definition) is 0. The highest BCUT2D eigenvalue weighted by atomic mass is 16.5. The number of allylic oxidation sites excluding steroid dienone is 1. The fourth-order valence-corrected chi connectivity index (χ4v) is 2.96. The number of hydrogen-bond acceptors (Lipinski definition) is 4. The molecule has 1 aliphatic rings. The van der Waals surface area contributed by atoms with E-state index in [0.717, 1.165) is 24.9 Å². The second-order valence-corrected chi connectivity index (χ2v) is 5.53. The Kier molecular flexibility index (Phi) is 5.79. The quantitative estimate of drug-likeness (QED) is 0.726. The zero-order chi connectivity index (χ0) is 16.8. The van der Waals surface area contributed by atoms with E-state index < -0.39 is 0 Å². The fraction of sp³-hybridized carbons (Fsp3) is 0.444. The molecule has 0 spiro atoms. The number of rotatable bonds is 7. The number of ether oxygens (including phenoxy) is 1. The zero-order valence-electron chi connectivity index (χ0n) is 14.0. The van der Waals surface area contributed by atoms with Crippen molar-refractivity contribution in [2.45, 2.75) is 33.4 Å². The molecule has 1 amide bonds. The predicted octanol–water partition coefficient (Wildman–Crippen LogP) is 2.68. The zero-order valence-corrected chi connectivity index (χ0v) is 14.0. The normalized spacial score (nSPS) is 18.0. The van der Waals surface area contributed by atoms with Gasteiger partial charge in [-0.05, 0) is 44.5 Å². The largest absolute Gasteiger partial charge is 0.492 e. The second kappa shape index (κ2) is 7.81. The van der Waals surface area contributed by atoms with Crippen molar-refractivity contribution in [2.75, 3.05) is 19.7 Å². The lowest BCUT2D eigenvalue weighted by atomic mass is 10.1. The molecule has 23 heavy (non-hydrogen) atoms. The highest BCUT2D eigenvalue weighted by molar-refractivity contribution is 5.89. The SMILES string of the molecule is CCC1N(CCOc2ccc(C=O)cc2)C(=O)C=C(C)N1CC. The Hall–Kier alpha value is -2.30. The number of aldehydes is 1. The first kappa shape index (κ1) is 17.1. The molecule has 2 rings (SSSR count). The van der Waals surface area contributed by atoms with Crippen LogP contribution in [0.15, 0.2) is 36.0 Å². The summed E-state index contributed by atoms with van der Waals surface area (Å²) in [5, 5.41) is 0. The van der Waals surface area contributed by atoms with Gasteiger partial charge in [0.05, 0.1) is 6.54 Å². The molecule has 5 heteroatoms. The van der Waals surface area contributed by atoms with E-state index in [4.69, 9.17) is 4.74 Å². The predicted molar refractivity (Wildman–Crippen MR) is 89.3 cm³/mol. The van der Waals surface area contributed by atoms with Crippen LogP contribution in [0, 0.1) is 0 Å². The molecular formula is C18H24N2O3. The van der Waals surface area contributed by atoms with Crippen LogP contribution in [0.1, 0.15) is 37.6 Å². The van der Waals surface area contributed by atoms with Crippen LogP contribution in [-0.4, -0.2) is 47.9 Å². The van der Waals surface area contributed by atoms with E-state index in [9.17, 15) is 9.59 Å². The number of carbonyl (C=O) groups is 2. The fourth-order valence-electron chi connectivity index (χ4n) is 2.96. The third-order valence-electron chi connectivity index (χ3n) is 4.11. The number of amides is 1. The van der Waals surface area contributed by atoms with Crippen LogP contribution in [0.3, 0.4) is 0 Å². The van der Waals surface area contributed by atoms with Crippen LogP contribution in [-0.2, 0) is 4.79 Å². The van der Waals surface area contributed by atoms with E-state index in [-0.39, 0.29) is 12.1 Å². The Balaban J connectivity index is 1.97. The lowest BCUT2D eigenvalue weighted by Gasteiger charge is -2.43. The highest BCUT2D eigenvalue weighted by Crippen LogP contribution is 2.21. The number of benzene rings is 1. The molecule has 1 atom stereocenters. The van der Waals surface area contributed by atoms with Gasteiger partial charge >= 0.3 is 0 Å². The molecule has 0 aliphatic carbocycles. The standard InChI is InChI=1S/C18H24N2O3/c1-4-17-19(5-2)14(3)12-18(22)20(17)10-11-23-16-8-6-15(13-21)7-9-16/h6-9,12-13,17H,4-5,10-11H2,1-3H3. The molecule has 0 saturated carbocycles. The van der Waals surface area contributed by atoms with E-state index in [1.807, 2.05) is 11.8 Å². The molecule has 1 aromatic rings. The van der Waals surface area contributed by atoms with Crippen molar-refractivity contribution in [3.05, 3.63) is 41.6 Å².